The molecule has 4 rings (SSSR count). The molecule has 1 aromatic heterocycles. The summed E-state index contributed by atoms with van der Waals surface area (Å²) in [4.78, 5) is 36.6. The number of nitrogens with one attached hydrogen (secondary N) is 1. The summed E-state index contributed by atoms with van der Waals surface area (Å²) in [5, 5.41) is 10.8. The fourth-order valence-electron chi connectivity index (χ4n) is 4.30. The molecule has 7 nitrogen and oxygen atoms in total. The van der Waals surface area contributed by atoms with Crippen molar-refractivity contribution in [3.8, 4) is 0 Å². The number of anilines is 1. The molecule has 1 saturated carbocycles. The van der Waals surface area contributed by atoms with Crippen LogP contribution in [0.1, 0.15) is 43.1 Å². The van der Waals surface area contributed by atoms with Gasteiger partial charge in [0.05, 0.1) is 16.9 Å². The van der Waals surface area contributed by atoms with Crippen molar-refractivity contribution in [1.82, 2.24) is 9.88 Å². The van der Waals surface area contributed by atoms with Crippen LogP contribution in [-0.4, -0.2) is 46.9 Å². The second kappa shape index (κ2) is 7.42. The number of amides is 1. The Bertz CT molecular complexity index is 1230. The predicted octanol–water partition coefficient (Wildman–Crippen LogP) is 3.21. The van der Waals surface area contributed by atoms with E-state index in [9.17, 15) is 32.7 Å². The third-order valence-electron chi connectivity index (χ3n) is 6.18. The summed E-state index contributed by atoms with van der Waals surface area (Å²) >= 11 is 0. The number of hydrogen-bond donors (Lipinski definition) is 2. The van der Waals surface area contributed by atoms with Gasteiger partial charge < -0.3 is 19.9 Å². The lowest BCUT2D eigenvalue weighted by Crippen LogP contribution is -2.49. The largest absolute Gasteiger partial charge is 0.477 e. The molecule has 2 aliphatic rings. The molecule has 2 heterocycles. The van der Waals surface area contributed by atoms with Crippen molar-refractivity contribution in [1.29, 1.82) is 0 Å². The van der Waals surface area contributed by atoms with E-state index in [1.807, 2.05) is 5.32 Å². The summed E-state index contributed by atoms with van der Waals surface area (Å²) in [6.45, 7) is 2.75. The van der Waals surface area contributed by atoms with Crippen molar-refractivity contribution in [2.45, 2.75) is 44.9 Å². The molecule has 2 aromatic rings. The molecule has 1 atom stereocenters. The number of aromatic carboxylic acids is 1. The van der Waals surface area contributed by atoms with Crippen LogP contribution in [-0.2, 0) is 4.79 Å². The maximum atomic E-state index is 15.7. The number of hydrogen-bond acceptors (Lipinski definition) is 4. The van der Waals surface area contributed by atoms with E-state index in [-0.39, 0.29) is 24.6 Å². The molecule has 1 aromatic carbocycles. The summed E-state index contributed by atoms with van der Waals surface area (Å²) in [5.74, 6) is -5.93. The van der Waals surface area contributed by atoms with Gasteiger partial charge in [-0.2, -0.15) is 13.2 Å². The number of benzene rings is 1. The Kier molecular flexibility index (Phi) is 5.17. The molecule has 2 N–H and O–H groups in total. The van der Waals surface area contributed by atoms with E-state index in [4.69, 9.17) is 0 Å². The summed E-state index contributed by atoms with van der Waals surface area (Å²) in [5.41, 5.74) is -3.41. The van der Waals surface area contributed by atoms with Gasteiger partial charge in [-0.05, 0) is 18.9 Å². The van der Waals surface area contributed by atoms with Crippen LogP contribution in [0.3, 0.4) is 0 Å². The molecule has 178 valence electrons. The Balaban J connectivity index is 1.82. The molecule has 1 aliphatic carbocycles. The molecule has 0 radical (unpaired) electrons. The minimum absolute atomic E-state index is 0.0734. The lowest BCUT2D eigenvalue weighted by molar-refractivity contribution is -0.174. The van der Waals surface area contributed by atoms with Crippen LogP contribution in [0.4, 0.5) is 27.6 Å². The van der Waals surface area contributed by atoms with Crippen molar-refractivity contribution in [2.24, 2.45) is 5.41 Å². The normalized spacial score (nSPS) is 20.3. The number of rotatable bonds is 4. The van der Waals surface area contributed by atoms with Gasteiger partial charge in [-0.15, -0.1) is 0 Å². The third kappa shape index (κ3) is 3.91. The second-order valence-electron chi connectivity index (χ2n) is 9.13. The Morgan fingerprint density at radius 2 is 1.85 bits per heavy atom. The Morgan fingerprint density at radius 3 is 2.39 bits per heavy atom. The summed E-state index contributed by atoms with van der Waals surface area (Å²) in [6, 6.07) is -0.551. The standard InChI is InChI=1S/C21H20F5N3O4/c1-20(2)8-28(7-13(20)27-19(33)21(24,25)26)16-12(22)5-10-15(14(16)23)29(9-3-4-9)6-11(17(10)30)18(31)32/h5-6,9,13H,3-4,7-8H2,1-2H3,(H,27,33)(H,31,32). The number of pyridine rings is 1. The van der Waals surface area contributed by atoms with Crippen LogP contribution >= 0.6 is 0 Å². The second-order valence-corrected chi connectivity index (χ2v) is 9.13. The first-order valence-corrected chi connectivity index (χ1v) is 10.1. The van der Waals surface area contributed by atoms with Crippen LogP contribution < -0.4 is 15.6 Å². The maximum absolute atomic E-state index is 15.7. The van der Waals surface area contributed by atoms with E-state index >= 15 is 8.78 Å². The predicted molar refractivity (Wildman–Crippen MR) is 107 cm³/mol. The Hall–Kier alpha value is -3.18. The highest BCUT2D eigenvalue weighted by Crippen LogP contribution is 2.41. The van der Waals surface area contributed by atoms with E-state index in [1.165, 1.54) is 9.47 Å². The summed E-state index contributed by atoms with van der Waals surface area (Å²) < 4.78 is 70.2. The van der Waals surface area contributed by atoms with Gasteiger partial charge in [-0.3, -0.25) is 9.59 Å². The van der Waals surface area contributed by atoms with Crippen molar-refractivity contribution in [3.63, 3.8) is 0 Å². The van der Waals surface area contributed by atoms with Crippen LogP contribution in [0, 0.1) is 17.0 Å². The molecule has 12 heteroatoms. The van der Waals surface area contributed by atoms with Crippen LogP contribution in [0.25, 0.3) is 10.9 Å². The lowest BCUT2D eigenvalue weighted by atomic mass is 9.88. The number of carboxylic acid groups (broad SMARTS) is 1. The first-order chi connectivity index (χ1) is 15.2. The van der Waals surface area contributed by atoms with E-state index in [0.29, 0.717) is 12.8 Å². The number of carbonyl (C=O) groups excluding carboxylic acids is 1. The minimum atomic E-state index is -5.11. The first kappa shape index (κ1) is 23.0. The van der Waals surface area contributed by atoms with Crippen LogP contribution in [0.2, 0.25) is 0 Å². The van der Waals surface area contributed by atoms with E-state index in [0.717, 1.165) is 12.3 Å². The smallest absolute Gasteiger partial charge is 0.471 e. The molecule has 33 heavy (non-hydrogen) atoms. The minimum Gasteiger partial charge on any atom is -0.477 e. The molecule has 1 unspecified atom stereocenters. The molecular weight excluding hydrogens is 453 g/mol. The van der Waals surface area contributed by atoms with Crippen LogP contribution in [0.15, 0.2) is 17.1 Å². The maximum Gasteiger partial charge on any atom is 0.471 e. The number of aromatic nitrogens is 1. The molecule has 2 fully saturated rings. The molecule has 0 spiro atoms. The average Bonchev–Trinajstić information content (AvgIpc) is 3.47. The van der Waals surface area contributed by atoms with Crippen molar-refractivity contribution >= 4 is 28.5 Å². The molecule has 0 bridgehead atoms. The quantitative estimate of drug-likeness (QED) is 0.666. The van der Waals surface area contributed by atoms with Gasteiger partial charge in [0.1, 0.15) is 17.1 Å². The zero-order valence-corrected chi connectivity index (χ0v) is 17.6. The lowest BCUT2D eigenvalue weighted by Gasteiger charge is -2.26. The van der Waals surface area contributed by atoms with Gasteiger partial charge >= 0.3 is 18.1 Å². The van der Waals surface area contributed by atoms with E-state index in [2.05, 4.69) is 0 Å². The van der Waals surface area contributed by atoms with Crippen molar-refractivity contribution in [3.05, 3.63) is 39.7 Å². The average molecular weight is 473 g/mol. The van der Waals surface area contributed by atoms with Gasteiger partial charge in [0.2, 0.25) is 5.43 Å². The van der Waals surface area contributed by atoms with Gasteiger partial charge in [-0.1, -0.05) is 13.8 Å². The highest BCUT2D eigenvalue weighted by atomic mass is 19.4. The zero-order chi connectivity index (χ0) is 24.5. The number of nitrogens with zero attached hydrogens (tertiary/aromatic N) is 2. The highest BCUT2D eigenvalue weighted by Gasteiger charge is 2.47. The monoisotopic (exact) mass is 473 g/mol. The van der Waals surface area contributed by atoms with Gasteiger partial charge in [-0.25, -0.2) is 13.6 Å². The topological polar surface area (TPSA) is 91.6 Å². The number of alkyl halides is 3. The van der Waals surface area contributed by atoms with Crippen molar-refractivity contribution in [2.75, 3.05) is 18.0 Å². The van der Waals surface area contributed by atoms with Gasteiger partial charge in [0.25, 0.3) is 0 Å². The van der Waals surface area contributed by atoms with Gasteiger partial charge in [0, 0.05) is 30.7 Å². The van der Waals surface area contributed by atoms with E-state index < -0.39 is 63.2 Å². The first-order valence-electron chi connectivity index (χ1n) is 10.1. The third-order valence-corrected chi connectivity index (χ3v) is 6.18. The zero-order valence-electron chi connectivity index (χ0n) is 17.6. The van der Waals surface area contributed by atoms with Gasteiger partial charge in [0.15, 0.2) is 5.82 Å². The fraction of sp³-hybridized carbons (Fsp3) is 0.476. The molecule has 1 aliphatic heterocycles. The molecular formula is C21H20F5N3O4. The number of fused-ring (bicyclic) bond motifs is 1. The summed E-state index contributed by atoms with van der Waals surface area (Å²) in [6.07, 6.45) is -2.84. The molecule has 1 saturated heterocycles. The number of carbonyl (C=O) groups is 2. The van der Waals surface area contributed by atoms with Crippen LogP contribution in [0.5, 0.6) is 0 Å². The molecule has 1 amide bonds. The number of halogens is 5. The van der Waals surface area contributed by atoms with E-state index in [1.54, 1.807) is 13.8 Å². The highest BCUT2D eigenvalue weighted by molar-refractivity contribution is 5.94. The van der Waals surface area contributed by atoms with Crippen molar-refractivity contribution < 1.29 is 36.6 Å². The SMILES string of the molecule is CC1(C)CN(c2c(F)cc3c(=O)c(C(=O)O)cn(C4CC4)c3c2F)CC1NC(=O)C(F)(F)F. The fourth-order valence-corrected chi connectivity index (χ4v) is 4.30. The summed E-state index contributed by atoms with van der Waals surface area (Å²) in [7, 11) is 0. The number of carboxylic acids is 1. The Morgan fingerprint density at radius 1 is 1.21 bits per heavy atom. The Labute approximate surface area is 183 Å².